The zero-order valence-electron chi connectivity index (χ0n) is 40.1. The molecule has 326 valence electrons. The Labute approximate surface area is 349 Å². The number of esters is 1. The minimum Gasteiger partial charge on any atom is -0.461 e. The fraction of sp³-hybridized carbons (Fsp3) is 0.870. The normalized spacial score (nSPS) is 23.9. The van der Waals surface area contributed by atoms with Crippen LogP contribution in [0.5, 0.6) is 0 Å². The third kappa shape index (κ3) is 14.0. The van der Waals surface area contributed by atoms with E-state index in [0.717, 1.165) is 32.1 Å². The molecule has 0 heterocycles. The predicted molar refractivity (Wildman–Crippen MR) is 245 cm³/mol. The molecule has 0 radical (unpaired) electrons. The molecule has 1 N–H and O–H groups in total. The van der Waals surface area contributed by atoms with E-state index in [1.54, 1.807) is 0 Å². The standard InChI is InChI=1S/C46H89NO6Si3/c1-21-23-28-47-40(48)32-37(53-56(19,20)45(10,11)12)30-35(51-54(15,16)43(4,5)6)26-27-38-33(3)24-25-34-29-36(52-55(17,18)44(7,8)9)31-39(41(34)38)50-42(49)46(13,14)22-2/h24-25,29,33,35-39,41H,21-23,26-28,30-32H2,1-20H3,(H,47,48)/t33-,35+,36+,37+,38-,39-,41-/m0/s1. The number of carbonyl (C=O) groups excluding carboxylic acids is 2. The largest absolute Gasteiger partial charge is 0.461 e. The monoisotopic (exact) mass is 836 g/mol. The highest BCUT2D eigenvalue weighted by atomic mass is 28.4. The SMILES string of the molecule is CCCCNC(=O)C[C@@H](C[C@@H](CC[C@@H]1[C@@H]2C(=C[C@@H](O[Si](C)(C)C(C)(C)C)C[C@@H]2OC(=O)C(C)(C)CC)C=C[C@@H]1C)O[Si](C)(C)C(C)(C)C)O[Si](C)(C)C(C)(C)C. The highest BCUT2D eigenvalue weighted by Crippen LogP contribution is 2.48. The van der Waals surface area contributed by atoms with Gasteiger partial charge in [0, 0.05) is 25.0 Å². The molecule has 0 aliphatic heterocycles. The van der Waals surface area contributed by atoms with E-state index < -0.39 is 30.4 Å². The lowest BCUT2D eigenvalue weighted by Gasteiger charge is -2.47. The van der Waals surface area contributed by atoms with E-state index in [-0.39, 0.29) is 63.2 Å². The minimum atomic E-state index is -2.20. The summed E-state index contributed by atoms with van der Waals surface area (Å²) in [6.45, 7) is 45.6. The number of fused-ring (bicyclic) bond motifs is 1. The van der Waals surface area contributed by atoms with Gasteiger partial charge >= 0.3 is 5.97 Å². The van der Waals surface area contributed by atoms with Crippen molar-refractivity contribution in [2.24, 2.45) is 23.2 Å². The second-order valence-corrected chi connectivity index (χ2v) is 36.9. The van der Waals surface area contributed by atoms with E-state index >= 15 is 0 Å². The maximum atomic E-state index is 13.8. The molecule has 2 aliphatic carbocycles. The van der Waals surface area contributed by atoms with Crippen molar-refractivity contribution in [2.45, 2.75) is 227 Å². The molecule has 2 rings (SSSR count). The third-order valence-electron chi connectivity index (χ3n) is 14.5. The van der Waals surface area contributed by atoms with Crippen LogP contribution in [0.2, 0.25) is 54.4 Å². The topological polar surface area (TPSA) is 83.1 Å². The molecule has 56 heavy (non-hydrogen) atoms. The molecular formula is C46H89NO6Si3. The van der Waals surface area contributed by atoms with Crippen molar-refractivity contribution >= 4 is 36.8 Å². The van der Waals surface area contributed by atoms with E-state index in [1.807, 2.05) is 13.8 Å². The maximum Gasteiger partial charge on any atom is 0.311 e. The van der Waals surface area contributed by atoms with Crippen LogP contribution < -0.4 is 5.32 Å². The summed E-state index contributed by atoms with van der Waals surface area (Å²) in [5.74, 6) is 0.562. The van der Waals surface area contributed by atoms with Crippen LogP contribution in [-0.4, -0.2) is 67.8 Å². The van der Waals surface area contributed by atoms with E-state index in [2.05, 4.69) is 146 Å². The first kappa shape index (κ1) is 51.1. The minimum absolute atomic E-state index is 0.0122. The first-order valence-corrected chi connectivity index (χ1v) is 30.9. The molecule has 7 atom stereocenters. The van der Waals surface area contributed by atoms with Crippen LogP contribution in [0.1, 0.15) is 148 Å². The number of hydrogen-bond donors (Lipinski definition) is 1. The summed E-state index contributed by atoms with van der Waals surface area (Å²) in [5, 5.41) is 3.28. The lowest BCUT2D eigenvalue weighted by atomic mass is 9.66. The molecule has 10 heteroatoms. The Morgan fingerprint density at radius 2 is 1.36 bits per heavy atom. The number of nitrogens with one attached hydrogen (secondary N) is 1. The number of amides is 1. The van der Waals surface area contributed by atoms with Gasteiger partial charge in [-0.2, -0.15) is 0 Å². The number of allylic oxidation sites excluding steroid dienone is 2. The predicted octanol–water partition coefficient (Wildman–Crippen LogP) is 12.8. The second-order valence-electron chi connectivity index (χ2n) is 22.6. The molecule has 0 saturated heterocycles. The summed E-state index contributed by atoms with van der Waals surface area (Å²) in [6.07, 6.45) is 12.5. The number of rotatable bonds is 19. The average molecular weight is 836 g/mol. The zero-order valence-corrected chi connectivity index (χ0v) is 43.1. The van der Waals surface area contributed by atoms with Gasteiger partial charge in [-0.25, -0.2) is 0 Å². The maximum absolute atomic E-state index is 13.8. The Kier molecular flexibility index (Phi) is 17.8. The Hall–Kier alpha value is -1.05. The van der Waals surface area contributed by atoms with Gasteiger partial charge in [0.15, 0.2) is 25.0 Å². The Morgan fingerprint density at radius 1 is 0.821 bits per heavy atom. The first-order chi connectivity index (χ1) is 25.3. The van der Waals surface area contributed by atoms with Crippen LogP contribution in [0.25, 0.3) is 0 Å². The average Bonchev–Trinajstić information content (AvgIpc) is 3.02. The summed E-state index contributed by atoms with van der Waals surface area (Å²) >= 11 is 0. The molecule has 7 nitrogen and oxygen atoms in total. The highest BCUT2D eigenvalue weighted by Gasteiger charge is 2.48. The van der Waals surface area contributed by atoms with Crippen molar-refractivity contribution < 1.29 is 27.6 Å². The van der Waals surface area contributed by atoms with E-state index in [9.17, 15) is 9.59 Å². The van der Waals surface area contributed by atoms with E-state index in [0.29, 0.717) is 31.7 Å². The van der Waals surface area contributed by atoms with Crippen LogP contribution in [0.15, 0.2) is 23.8 Å². The van der Waals surface area contributed by atoms with Crippen molar-refractivity contribution in [3.8, 4) is 0 Å². The number of ether oxygens (including phenoxy) is 1. The molecule has 0 unspecified atom stereocenters. The summed E-state index contributed by atoms with van der Waals surface area (Å²) < 4.78 is 28.1. The van der Waals surface area contributed by atoms with E-state index in [1.165, 1.54) is 5.57 Å². The quantitative estimate of drug-likeness (QED) is 0.0793. The highest BCUT2D eigenvalue weighted by molar-refractivity contribution is 6.75. The molecule has 2 aliphatic rings. The molecule has 0 aromatic heterocycles. The van der Waals surface area contributed by atoms with Gasteiger partial charge in [0.2, 0.25) is 5.91 Å². The van der Waals surface area contributed by atoms with Gasteiger partial charge in [-0.1, -0.05) is 108 Å². The van der Waals surface area contributed by atoms with Crippen molar-refractivity contribution in [1.82, 2.24) is 5.32 Å². The second kappa shape index (κ2) is 19.6. The Morgan fingerprint density at radius 3 is 1.86 bits per heavy atom. The summed E-state index contributed by atoms with van der Waals surface area (Å²) in [7, 11) is -6.48. The van der Waals surface area contributed by atoms with Crippen LogP contribution in [0.4, 0.5) is 0 Å². The van der Waals surface area contributed by atoms with Gasteiger partial charge in [0.25, 0.3) is 0 Å². The van der Waals surface area contributed by atoms with Crippen LogP contribution >= 0.6 is 0 Å². The van der Waals surface area contributed by atoms with Gasteiger partial charge in [0.05, 0.1) is 24.0 Å². The van der Waals surface area contributed by atoms with Crippen molar-refractivity contribution in [1.29, 1.82) is 0 Å². The van der Waals surface area contributed by atoms with Gasteiger partial charge in [-0.05, 0) is 118 Å². The van der Waals surface area contributed by atoms with Crippen molar-refractivity contribution in [3.05, 3.63) is 23.8 Å². The van der Waals surface area contributed by atoms with Gasteiger partial charge in [-0.15, -0.1) is 0 Å². The van der Waals surface area contributed by atoms with Crippen LogP contribution in [0.3, 0.4) is 0 Å². The van der Waals surface area contributed by atoms with Crippen molar-refractivity contribution in [2.75, 3.05) is 6.54 Å². The van der Waals surface area contributed by atoms with Gasteiger partial charge in [-0.3, -0.25) is 9.59 Å². The molecule has 0 spiro atoms. The molecule has 0 aromatic rings. The van der Waals surface area contributed by atoms with Crippen molar-refractivity contribution in [3.63, 3.8) is 0 Å². The zero-order chi connectivity index (χ0) is 43.3. The lowest BCUT2D eigenvalue weighted by molar-refractivity contribution is -0.165. The molecule has 0 fully saturated rings. The Bertz CT molecular complexity index is 1350. The van der Waals surface area contributed by atoms with Gasteiger partial charge < -0.3 is 23.3 Å². The van der Waals surface area contributed by atoms with Crippen LogP contribution in [0, 0.1) is 23.2 Å². The van der Waals surface area contributed by atoms with E-state index in [4.69, 9.17) is 18.0 Å². The lowest BCUT2D eigenvalue weighted by Crippen LogP contribution is -2.49. The molecule has 0 bridgehead atoms. The number of unbranched alkanes of at least 4 members (excludes halogenated alkanes) is 1. The van der Waals surface area contributed by atoms with Crippen LogP contribution in [-0.2, 0) is 27.6 Å². The number of carbonyl (C=O) groups is 2. The molecule has 0 saturated carbocycles. The Balaban J connectivity index is 2.59. The number of hydrogen-bond acceptors (Lipinski definition) is 6. The molecule has 1 amide bonds. The fourth-order valence-electron chi connectivity index (χ4n) is 6.99. The summed E-state index contributed by atoms with van der Waals surface area (Å²) in [5.41, 5.74) is 0.673. The summed E-state index contributed by atoms with van der Waals surface area (Å²) in [4.78, 5) is 27.2. The molecular weight excluding hydrogens is 747 g/mol. The fourth-order valence-corrected chi connectivity index (χ4v) is 11.0. The smallest absolute Gasteiger partial charge is 0.311 e. The third-order valence-corrected chi connectivity index (χ3v) is 28.0. The first-order valence-electron chi connectivity index (χ1n) is 22.2. The van der Waals surface area contributed by atoms with Gasteiger partial charge in [0.1, 0.15) is 6.10 Å². The summed E-state index contributed by atoms with van der Waals surface area (Å²) in [6, 6.07) is 0. The molecule has 0 aromatic carbocycles.